The zero-order valence-corrected chi connectivity index (χ0v) is 14.5. The maximum Gasteiger partial charge on any atom is 0.410 e. The van der Waals surface area contributed by atoms with Crippen LogP contribution in [0.15, 0.2) is 30.6 Å². The van der Waals surface area contributed by atoms with Crippen LogP contribution in [0, 0.1) is 5.92 Å². The summed E-state index contributed by atoms with van der Waals surface area (Å²) in [4.78, 5) is 17.9. The summed E-state index contributed by atoms with van der Waals surface area (Å²) in [6, 6.07) is 4.02. The number of pyridine rings is 1. The molecule has 0 saturated carbocycles. The number of carbonyl (C=O) groups excluding carboxylic acids is 1. The monoisotopic (exact) mass is 316 g/mol. The van der Waals surface area contributed by atoms with Crippen LogP contribution in [-0.2, 0) is 4.74 Å². The summed E-state index contributed by atoms with van der Waals surface area (Å²) in [5.41, 5.74) is 0.783. The lowest BCUT2D eigenvalue weighted by molar-refractivity contribution is 0.0181. The second-order valence-corrected chi connectivity index (χ2v) is 7.17. The molecule has 0 bridgehead atoms. The highest BCUT2D eigenvalue weighted by atomic mass is 16.6. The summed E-state index contributed by atoms with van der Waals surface area (Å²) in [5.74, 6) is 0.704. The van der Waals surface area contributed by atoms with Crippen LogP contribution in [0.5, 0.6) is 0 Å². The molecular weight excluding hydrogens is 288 g/mol. The Morgan fingerprint density at radius 2 is 1.96 bits per heavy atom. The highest BCUT2D eigenvalue weighted by Crippen LogP contribution is 2.23. The molecular formula is C19H28N2O2. The Balaban J connectivity index is 1.67. The van der Waals surface area contributed by atoms with E-state index in [9.17, 15) is 4.79 Å². The average molecular weight is 316 g/mol. The molecule has 2 rings (SSSR count). The molecule has 4 nitrogen and oxygen atoms in total. The van der Waals surface area contributed by atoms with E-state index in [0.29, 0.717) is 5.92 Å². The molecule has 1 aliphatic heterocycles. The molecule has 0 aromatic carbocycles. The lowest BCUT2D eigenvalue weighted by atomic mass is 9.92. The molecule has 23 heavy (non-hydrogen) atoms. The van der Waals surface area contributed by atoms with Crippen LogP contribution in [0.3, 0.4) is 0 Å². The predicted octanol–water partition coefficient (Wildman–Crippen LogP) is 4.52. The van der Waals surface area contributed by atoms with Gasteiger partial charge in [-0.05, 0) is 70.1 Å². The van der Waals surface area contributed by atoms with Crippen LogP contribution in [0.2, 0.25) is 0 Å². The first kappa shape index (κ1) is 17.5. The van der Waals surface area contributed by atoms with E-state index in [1.807, 2.05) is 50.2 Å². The standard InChI is InChI=1S/C19H28N2O2/c1-19(2,3)23-18(22)21-14-10-17(11-15-21)7-5-4-6-16-8-12-20-13-9-16/h4,6,8-9,12-13,17H,5,7,10-11,14-15H2,1-3H3/b6-4+. The average Bonchev–Trinajstić information content (AvgIpc) is 2.51. The SMILES string of the molecule is CC(C)(C)OC(=O)N1CCC(CC/C=C/c2ccncc2)CC1. The Morgan fingerprint density at radius 3 is 2.57 bits per heavy atom. The second-order valence-electron chi connectivity index (χ2n) is 7.17. The van der Waals surface area contributed by atoms with Gasteiger partial charge in [-0.25, -0.2) is 4.79 Å². The molecule has 4 heteroatoms. The van der Waals surface area contributed by atoms with Gasteiger partial charge in [-0.1, -0.05) is 12.2 Å². The fourth-order valence-electron chi connectivity index (χ4n) is 2.76. The summed E-state index contributed by atoms with van der Waals surface area (Å²) < 4.78 is 5.43. The number of nitrogens with zero attached hydrogens (tertiary/aromatic N) is 2. The molecule has 126 valence electrons. The molecule has 2 heterocycles. The van der Waals surface area contributed by atoms with Crippen molar-refractivity contribution in [1.29, 1.82) is 0 Å². The quantitative estimate of drug-likeness (QED) is 0.820. The first-order chi connectivity index (χ1) is 10.9. The van der Waals surface area contributed by atoms with E-state index in [4.69, 9.17) is 4.74 Å². The van der Waals surface area contributed by atoms with Crippen LogP contribution < -0.4 is 0 Å². The smallest absolute Gasteiger partial charge is 0.410 e. The Kier molecular flexibility index (Phi) is 6.20. The van der Waals surface area contributed by atoms with Crippen molar-refractivity contribution in [1.82, 2.24) is 9.88 Å². The van der Waals surface area contributed by atoms with Gasteiger partial charge in [-0.15, -0.1) is 0 Å². The van der Waals surface area contributed by atoms with Gasteiger partial charge in [0.2, 0.25) is 0 Å². The molecule has 1 aromatic heterocycles. The van der Waals surface area contributed by atoms with Crippen molar-refractivity contribution in [3.05, 3.63) is 36.2 Å². The fraction of sp³-hybridized carbons (Fsp3) is 0.579. The zero-order valence-electron chi connectivity index (χ0n) is 14.5. The van der Waals surface area contributed by atoms with Crippen LogP contribution >= 0.6 is 0 Å². The molecule has 0 atom stereocenters. The minimum absolute atomic E-state index is 0.173. The maximum absolute atomic E-state index is 12.0. The summed E-state index contributed by atoms with van der Waals surface area (Å²) in [7, 11) is 0. The zero-order chi connectivity index (χ0) is 16.7. The molecule has 0 spiro atoms. The lowest BCUT2D eigenvalue weighted by Gasteiger charge is -2.33. The number of allylic oxidation sites excluding steroid dienone is 1. The third-order valence-electron chi connectivity index (χ3n) is 4.02. The molecule has 1 aliphatic rings. The highest BCUT2D eigenvalue weighted by molar-refractivity contribution is 5.68. The van der Waals surface area contributed by atoms with Crippen molar-refractivity contribution in [3.8, 4) is 0 Å². The second kappa shape index (κ2) is 8.14. The molecule has 0 radical (unpaired) electrons. The van der Waals surface area contributed by atoms with Gasteiger partial charge >= 0.3 is 6.09 Å². The van der Waals surface area contributed by atoms with Crippen LogP contribution in [0.25, 0.3) is 6.08 Å². The van der Waals surface area contributed by atoms with E-state index in [1.54, 1.807) is 0 Å². The van der Waals surface area contributed by atoms with E-state index in [-0.39, 0.29) is 6.09 Å². The van der Waals surface area contributed by atoms with Gasteiger partial charge in [0.25, 0.3) is 0 Å². The van der Waals surface area contributed by atoms with Crippen LogP contribution in [0.1, 0.15) is 52.0 Å². The molecule has 0 N–H and O–H groups in total. The number of rotatable bonds is 4. The van der Waals surface area contributed by atoms with Crippen molar-refractivity contribution in [2.45, 2.75) is 52.1 Å². The Bertz CT molecular complexity index is 512. The number of hydrogen-bond acceptors (Lipinski definition) is 3. The summed E-state index contributed by atoms with van der Waals surface area (Å²) in [6.45, 7) is 7.35. The number of aromatic nitrogens is 1. The topological polar surface area (TPSA) is 42.4 Å². The molecule has 0 aliphatic carbocycles. The first-order valence-electron chi connectivity index (χ1n) is 8.48. The van der Waals surface area contributed by atoms with Gasteiger partial charge in [0.1, 0.15) is 5.60 Å². The van der Waals surface area contributed by atoms with Gasteiger partial charge in [0.15, 0.2) is 0 Å². The third-order valence-corrected chi connectivity index (χ3v) is 4.02. The van der Waals surface area contributed by atoms with E-state index < -0.39 is 5.60 Å². The van der Waals surface area contributed by atoms with Gasteiger partial charge in [0.05, 0.1) is 0 Å². The van der Waals surface area contributed by atoms with Gasteiger partial charge in [-0.3, -0.25) is 4.98 Å². The Hall–Kier alpha value is -1.84. The normalized spacial score (nSPS) is 16.7. The highest BCUT2D eigenvalue weighted by Gasteiger charge is 2.26. The number of likely N-dealkylation sites (tertiary alicyclic amines) is 1. The van der Waals surface area contributed by atoms with Crippen molar-refractivity contribution in [3.63, 3.8) is 0 Å². The number of ether oxygens (including phenoxy) is 1. The largest absolute Gasteiger partial charge is 0.444 e. The summed E-state index contributed by atoms with van der Waals surface area (Å²) >= 11 is 0. The molecule has 0 unspecified atom stereocenters. The van der Waals surface area contributed by atoms with Crippen LogP contribution in [-0.4, -0.2) is 34.7 Å². The van der Waals surface area contributed by atoms with Crippen molar-refractivity contribution < 1.29 is 9.53 Å². The third kappa shape index (κ3) is 6.43. The maximum atomic E-state index is 12.0. The van der Waals surface area contributed by atoms with Crippen molar-refractivity contribution in [2.24, 2.45) is 5.92 Å². The van der Waals surface area contributed by atoms with E-state index in [1.165, 1.54) is 12.0 Å². The van der Waals surface area contributed by atoms with Gasteiger partial charge in [0, 0.05) is 25.5 Å². The number of amides is 1. The van der Waals surface area contributed by atoms with Gasteiger partial charge < -0.3 is 9.64 Å². The fourth-order valence-corrected chi connectivity index (χ4v) is 2.76. The Morgan fingerprint density at radius 1 is 1.30 bits per heavy atom. The van der Waals surface area contributed by atoms with Crippen molar-refractivity contribution in [2.75, 3.05) is 13.1 Å². The molecule has 1 saturated heterocycles. The van der Waals surface area contributed by atoms with Gasteiger partial charge in [-0.2, -0.15) is 0 Å². The molecule has 1 amide bonds. The molecule has 1 aromatic rings. The van der Waals surface area contributed by atoms with E-state index in [0.717, 1.165) is 32.4 Å². The summed E-state index contributed by atoms with van der Waals surface area (Å²) in [6.07, 6.45) is 12.2. The van der Waals surface area contributed by atoms with E-state index in [2.05, 4.69) is 17.1 Å². The number of carbonyl (C=O) groups is 1. The first-order valence-corrected chi connectivity index (χ1v) is 8.48. The number of piperidine rings is 1. The lowest BCUT2D eigenvalue weighted by Crippen LogP contribution is -2.41. The molecule has 1 fully saturated rings. The van der Waals surface area contributed by atoms with E-state index >= 15 is 0 Å². The van der Waals surface area contributed by atoms with Crippen molar-refractivity contribution >= 4 is 12.2 Å². The van der Waals surface area contributed by atoms with Crippen LogP contribution in [0.4, 0.5) is 4.79 Å². The predicted molar refractivity (Wildman–Crippen MR) is 93.0 cm³/mol. The minimum Gasteiger partial charge on any atom is -0.444 e. The minimum atomic E-state index is -0.411. The number of hydrogen-bond donors (Lipinski definition) is 0. The Labute approximate surface area is 139 Å². The summed E-state index contributed by atoms with van der Waals surface area (Å²) in [5, 5.41) is 0.